The number of hydrogen-bond acceptors (Lipinski definition) is 5. The first-order valence-electron chi connectivity index (χ1n) is 6.85. The minimum absolute atomic E-state index is 0.0102. The monoisotopic (exact) mass is 320 g/mol. The molecule has 0 aliphatic carbocycles. The zero-order valence-corrected chi connectivity index (χ0v) is 13.8. The molecule has 1 amide bonds. The molecule has 1 aliphatic heterocycles. The van der Waals surface area contributed by atoms with E-state index in [0.29, 0.717) is 6.42 Å². The third-order valence-corrected chi connectivity index (χ3v) is 5.50. The molecule has 21 heavy (non-hydrogen) atoms. The topological polar surface area (TPSA) is 95.0 Å². The average Bonchev–Trinajstić information content (AvgIpc) is 2.66. The lowest BCUT2D eigenvalue weighted by atomic mass is 10.1. The largest absolute Gasteiger partial charge is 0.480 e. The van der Waals surface area contributed by atoms with Crippen molar-refractivity contribution in [1.29, 1.82) is 0 Å². The summed E-state index contributed by atoms with van der Waals surface area (Å²) in [6, 6.07) is -0.311. The van der Waals surface area contributed by atoms with Crippen LogP contribution in [0, 0.1) is 0 Å². The molecule has 7 nitrogen and oxygen atoms in total. The molecule has 1 saturated heterocycles. The Kier molecular flexibility index (Phi) is 5.38. The van der Waals surface area contributed by atoms with Gasteiger partial charge in [0.1, 0.15) is 0 Å². The highest BCUT2D eigenvalue weighted by Gasteiger charge is 2.34. The number of hydrogen-bond donors (Lipinski definition) is 1. The number of carbonyl (C=O) groups is 2. The fraction of sp³-hybridized carbons (Fsp3) is 0.846. The van der Waals surface area contributed by atoms with Gasteiger partial charge in [-0.1, -0.05) is 0 Å². The lowest BCUT2D eigenvalue weighted by Crippen LogP contribution is -2.51. The number of sulfone groups is 1. The zero-order valence-electron chi connectivity index (χ0n) is 13.0. The van der Waals surface area contributed by atoms with Crippen molar-refractivity contribution in [3.63, 3.8) is 0 Å². The van der Waals surface area contributed by atoms with Crippen LogP contribution in [0.5, 0.6) is 0 Å². The predicted molar refractivity (Wildman–Crippen MR) is 78.8 cm³/mol. The molecule has 0 radical (unpaired) electrons. The zero-order chi connectivity index (χ0) is 16.4. The molecule has 1 unspecified atom stereocenters. The normalized spacial score (nSPS) is 21.5. The summed E-state index contributed by atoms with van der Waals surface area (Å²) in [6.45, 7) is 5.24. The van der Waals surface area contributed by atoms with Gasteiger partial charge in [0.25, 0.3) is 0 Å². The fourth-order valence-electron chi connectivity index (χ4n) is 2.25. The number of aliphatic carboxylic acids is 1. The predicted octanol–water partition coefficient (Wildman–Crippen LogP) is -0.183. The second-order valence-electron chi connectivity index (χ2n) is 6.48. The number of carbonyl (C=O) groups excluding carboxylic acids is 1. The summed E-state index contributed by atoms with van der Waals surface area (Å²) in [5.74, 6) is -1.16. The number of carboxylic acids is 1. The van der Waals surface area contributed by atoms with Gasteiger partial charge >= 0.3 is 5.97 Å². The van der Waals surface area contributed by atoms with Crippen LogP contribution >= 0.6 is 0 Å². The summed E-state index contributed by atoms with van der Waals surface area (Å²) >= 11 is 0. The highest BCUT2D eigenvalue weighted by atomic mass is 32.2. The van der Waals surface area contributed by atoms with Crippen LogP contribution in [0.3, 0.4) is 0 Å². The maximum atomic E-state index is 12.3. The molecule has 1 fully saturated rings. The van der Waals surface area contributed by atoms with Gasteiger partial charge in [0.2, 0.25) is 5.91 Å². The molecule has 1 rings (SSSR count). The standard InChI is InChI=1S/C13H24N2O5S/c1-13(2,3)15(8-12(17)18)7-11(16)14(4)10-5-6-21(19,20)9-10/h10H,5-9H2,1-4H3,(H,17,18). The molecule has 1 N–H and O–H groups in total. The van der Waals surface area contributed by atoms with E-state index in [9.17, 15) is 18.0 Å². The van der Waals surface area contributed by atoms with E-state index in [1.165, 1.54) is 4.90 Å². The maximum absolute atomic E-state index is 12.3. The Morgan fingerprint density at radius 2 is 1.81 bits per heavy atom. The minimum Gasteiger partial charge on any atom is -0.480 e. The van der Waals surface area contributed by atoms with Gasteiger partial charge in [-0.2, -0.15) is 0 Å². The second-order valence-corrected chi connectivity index (χ2v) is 8.71. The van der Waals surface area contributed by atoms with E-state index in [1.54, 1.807) is 11.9 Å². The van der Waals surface area contributed by atoms with Crippen LogP contribution in [0.2, 0.25) is 0 Å². The van der Waals surface area contributed by atoms with Crippen molar-refractivity contribution < 1.29 is 23.1 Å². The van der Waals surface area contributed by atoms with Gasteiger partial charge in [0.05, 0.1) is 24.6 Å². The molecule has 1 aliphatic rings. The van der Waals surface area contributed by atoms with Gasteiger partial charge in [-0.05, 0) is 27.2 Å². The van der Waals surface area contributed by atoms with Crippen LogP contribution in [-0.2, 0) is 19.4 Å². The summed E-state index contributed by atoms with van der Waals surface area (Å²) in [5, 5.41) is 8.93. The Hall–Kier alpha value is -1.15. The Morgan fingerprint density at radius 3 is 2.19 bits per heavy atom. The van der Waals surface area contributed by atoms with Crippen LogP contribution in [-0.4, -0.2) is 78.4 Å². The average molecular weight is 320 g/mol. The summed E-state index contributed by atoms with van der Waals surface area (Å²) in [6.07, 6.45) is 0.443. The number of carboxylic acid groups (broad SMARTS) is 1. The van der Waals surface area contributed by atoms with E-state index in [4.69, 9.17) is 5.11 Å². The van der Waals surface area contributed by atoms with Crippen molar-refractivity contribution in [2.45, 2.75) is 38.8 Å². The summed E-state index contributed by atoms with van der Waals surface area (Å²) in [7, 11) is -1.47. The second kappa shape index (κ2) is 6.31. The summed E-state index contributed by atoms with van der Waals surface area (Å²) in [4.78, 5) is 26.2. The molecule has 8 heteroatoms. The van der Waals surface area contributed by atoms with E-state index in [0.717, 1.165) is 0 Å². The van der Waals surface area contributed by atoms with E-state index >= 15 is 0 Å². The van der Waals surface area contributed by atoms with Gasteiger partial charge in [-0.15, -0.1) is 0 Å². The van der Waals surface area contributed by atoms with Crippen molar-refractivity contribution in [3.8, 4) is 0 Å². The number of rotatable bonds is 5. The molecule has 0 saturated carbocycles. The lowest BCUT2D eigenvalue weighted by molar-refractivity contribution is -0.142. The highest BCUT2D eigenvalue weighted by molar-refractivity contribution is 7.91. The molecular weight excluding hydrogens is 296 g/mol. The Bertz CT molecular complexity index is 509. The summed E-state index contributed by atoms with van der Waals surface area (Å²) in [5.41, 5.74) is -0.462. The molecule has 0 aromatic heterocycles. The summed E-state index contributed by atoms with van der Waals surface area (Å²) < 4.78 is 22.9. The van der Waals surface area contributed by atoms with Crippen molar-refractivity contribution in [2.75, 3.05) is 31.6 Å². The van der Waals surface area contributed by atoms with Crippen molar-refractivity contribution in [1.82, 2.24) is 9.80 Å². The SMILES string of the molecule is CN(C(=O)CN(CC(=O)O)C(C)(C)C)C1CCS(=O)(=O)C1. The van der Waals surface area contributed by atoms with E-state index in [-0.39, 0.29) is 36.5 Å². The molecular formula is C13H24N2O5S. The van der Waals surface area contributed by atoms with E-state index in [1.807, 2.05) is 20.8 Å². The number of nitrogens with zero attached hydrogens (tertiary/aromatic N) is 2. The van der Waals surface area contributed by atoms with Crippen LogP contribution < -0.4 is 0 Å². The molecule has 1 heterocycles. The van der Waals surface area contributed by atoms with Gasteiger partial charge in [0, 0.05) is 18.6 Å². The van der Waals surface area contributed by atoms with Crippen LogP contribution in [0.4, 0.5) is 0 Å². The minimum atomic E-state index is -3.05. The first-order valence-corrected chi connectivity index (χ1v) is 8.67. The van der Waals surface area contributed by atoms with Gasteiger partial charge in [0.15, 0.2) is 9.84 Å². The molecule has 0 bridgehead atoms. The number of likely N-dealkylation sites (N-methyl/N-ethyl adjacent to an activating group) is 1. The number of amides is 1. The van der Waals surface area contributed by atoms with Gasteiger partial charge < -0.3 is 10.0 Å². The Labute approximate surface area is 125 Å². The Morgan fingerprint density at radius 1 is 1.24 bits per heavy atom. The van der Waals surface area contributed by atoms with Crippen molar-refractivity contribution in [2.24, 2.45) is 0 Å². The highest BCUT2D eigenvalue weighted by Crippen LogP contribution is 2.18. The van der Waals surface area contributed by atoms with Crippen molar-refractivity contribution in [3.05, 3.63) is 0 Å². The third-order valence-electron chi connectivity index (χ3n) is 3.75. The molecule has 0 aromatic rings. The van der Waals surface area contributed by atoms with Gasteiger partial charge in [-0.25, -0.2) is 8.42 Å². The Balaban J connectivity index is 2.71. The van der Waals surface area contributed by atoms with E-state index in [2.05, 4.69) is 0 Å². The lowest BCUT2D eigenvalue weighted by Gasteiger charge is -2.35. The van der Waals surface area contributed by atoms with Crippen LogP contribution in [0.1, 0.15) is 27.2 Å². The fourth-order valence-corrected chi connectivity index (χ4v) is 4.03. The van der Waals surface area contributed by atoms with Crippen molar-refractivity contribution >= 4 is 21.7 Å². The van der Waals surface area contributed by atoms with E-state index < -0.39 is 21.3 Å². The molecule has 0 spiro atoms. The van der Waals surface area contributed by atoms with Crippen LogP contribution in [0.15, 0.2) is 0 Å². The first-order chi connectivity index (χ1) is 9.42. The third kappa shape index (κ3) is 5.28. The quantitative estimate of drug-likeness (QED) is 0.755. The molecule has 0 aromatic carbocycles. The van der Waals surface area contributed by atoms with Crippen LogP contribution in [0.25, 0.3) is 0 Å². The maximum Gasteiger partial charge on any atom is 0.317 e. The smallest absolute Gasteiger partial charge is 0.317 e. The van der Waals surface area contributed by atoms with Gasteiger partial charge in [-0.3, -0.25) is 14.5 Å². The first kappa shape index (κ1) is 17.9. The molecule has 122 valence electrons. The molecule has 1 atom stereocenters.